The second-order valence-electron chi connectivity index (χ2n) is 11.4. The van der Waals surface area contributed by atoms with E-state index in [1.54, 1.807) is 42.5 Å². The third-order valence-corrected chi connectivity index (χ3v) is 6.58. The largest absolute Gasteiger partial charge is 0.490 e. The van der Waals surface area contributed by atoms with E-state index >= 15 is 0 Å². The molecule has 3 amide bonds. The van der Waals surface area contributed by atoms with Crippen LogP contribution in [0.3, 0.4) is 0 Å². The topological polar surface area (TPSA) is 268 Å². The normalized spacial score (nSPS) is 10.3. The maximum Gasteiger partial charge on any atom is 0.490 e. The van der Waals surface area contributed by atoms with Crippen LogP contribution < -0.4 is 38.3 Å². The van der Waals surface area contributed by atoms with Crippen molar-refractivity contribution >= 4 is 47.4 Å². The number of carbonyl (C=O) groups excluding carboxylic acids is 2. The van der Waals surface area contributed by atoms with Crippen molar-refractivity contribution in [3.05, 3.63) is 106 Å². The number of carboxylic acids is 1. The standard InChI is InChI=1S/C31H35N9O3.C2HF3O2.CHF3.CH2O2/c1-19(2)38-29-30(42)40(18-27(41)35-15-21-8-10-22(11-9-21)28(33)34)26(17-36-29)23-12-24(32)14-25(13-23)39-31(43)37-16-20-6-4-3-5-7-20;3-2(4,5)1(6)7;2-1(3)4;2-1-3/h3-14,17,19H,15-16,18,32H2,1-2H3,(H3,33,34)(H,35,41)(H,36,38)(H2,37,39,43);(H,6,7);1H;1H,(H,2,3). The van der Waals surface area contributed by atoms with Crippen molar-refractivity contribution in [3.63, 3.8) is 0 Å². The van der Waals surface area contributed by atoms with Crippen LogP contribution in [-0.4, -0.2) is 68.9 Å². The molecule has 16 nitrogen and oxygen atoms in total. The zero-order valence-corrected chi connectivity index (χ0v) is 30.1. The summed E-state index contributed by atoms with van der Waals surface area (Å²) in [7, 11) is 0. The lowest BCUT2D eigenvalue weighted by Crippen LogP contribution is -2.35. The number of urea groups is 1. The molecule has 0 atom stereocenters. The van der Waals surface area contributed by atoms with Crippen molar-refractivity contribution in [3.8, 4) is 11.3 Å². The van der Waals surface area contributed by atoms with Crippen molar-refractivity contribution in [1.82, 2.24) is 20.2 Å². The molecule has 0 aliphatic rings. The van der Waals surface area contributed by atoms with Crippen LogP contribution in [-0.2, 0) is 34.0 Å². The SMILES string of the molecule is CC(C)Nc1ncc(-c2cc(N)cc(NC(=O)NCc3ccccc3)c2)n(CC(=O)NCc2ccc(C(=N)N)cc2)c1=O.FC(F)F.O=C(O)C(F)(F)F.O=CO. The van der Waals surface area contributed by atoms with Gasteiger partial charge in [-0.2, -0.15) is 26.3 Å². The Morgan fingerprint density at radius 3 is 1.98 bits per heavy atom. The maximum absolute atomic E-state index is 13.5. The maximum atomic E-state index is 13.5. The Labute approximate surface area is 320 Å². The molecule has 4 aromatic rings. The summed E-state index contributed by atoms with van der Waals surface area (Å²) >= 11 is 0. The van der Waals surface area contributed by atoms with Gasteiger partial charge in [0.1, 0.15) is 12.4 Å². The average molecular weight is 812 g/mol. The van der Waals surface area contributed by atoms with Gasteiger partial charge in [-0.1, -0.05) is 54.6 Å². The highest BCUT2D eigenvalue weighted by atomic mass is 19.4. The minimum absolute atomic E-state index is 0.0429. The van der Waals surface area contributed by atoms with Crippen molar-refractivity contribution in [2.24, 2.45) is 5.73 Å². The van der Waals surface area contributed by atoms with Crippen molar-refractivity contribution in [2.45, 2.75) is 52.4 Å². The minimum atomic E-state index is -5.08. The molecule has 0 bridgehead atoms. The Balaban J connectivity index is 0.000000997. The number of aromatic nitrogens is 2. The van der Waals surface area contributed by atoms with Gasteiger partial charge in [-0.15, -0.1) is 0 Å². The molecule has 0 fully saturated rings. The van der Waals surface area contributed by atoms with E-state index in [4.69, 9.17) is 36.7 Å². The van der Waals surface area contributed by atoms with Gasteiger partial charge in [-0.3, -0.25) is 24.4 Å². The number of halogens is 6. The molecule has 57 heavy (non-hydrogen) atoms. The number of alkyl halides is 6. The molecule has 4 rings (SSSR count). The lowest BCUT2D eigenvalue weighted by molar-refractivity contribution is -0.192. The third-order valence-electron chi connectivity index (χ3n) is 6.58. The highest BCUT2D eigenvalue weighted by Gasteiger charge is 2.38. The number of anilines is 3. The number of nitrogens with zero attached hydrogens (tertiary/aromatic N) is 2. The number of carbonyl (C=O) groups is 4. The number of nitrogens with one attached hydrogen (secondary N) is 5. The Bertz CT molecular complexity index is 2000. The van der Waals surface area contributed by atoms with Crippen LogP contribution in [0.4, 0.5) is 48.3 Å². The molecule has 22 heteroatoms. The van der Waals surface area contributed by atoms with Gasteiger partial charge in [0.15, 0.2) is 5.82 Å². The summed E-state index contributed by atoms with van der Waals surface area (Å²) in [6.45, 7) is 0.105. The predicted molar refractivity (Wildman–Crippen MR) is 198 cm³/mol. The van der Waals surface area contributed by atoms with Gasteiger partial charge in [0.2, 0.25) is 5.91 Å². The first-order valence-corrected chi connectivity index (χ1v) is 16.0. The molecule has 0 aliphatic heterocycles. The van der Waals surface area contributed by atoms with Gasteiger partial charge in [0.05, 0.1) is 11.9 Å². The zero-order valence-electron chi connectivity index (χ0n) is 30.1. The zero-order chi connectivity index (χ0) is 43.3. The summed E-state index contributed by atoms with van der Waals surface area (Å²) in [5.74, 6) is -3.09. The number of benzene rings is 3. The van der Waals surface area contributed by atoms with Gasteiger partial charge in [-0.25, -0.2) is 14.6 Å². The lowest BCUT2D eigenvalue weighted by atomic mass is 10.1. The molecule has 1 heterocycles. The van der Waals surface area contributed by atoms with Gasteiger partial charge < -0.3 is 42.9 Å². The Kier molecular flexibility index (Phi) is 19.8. The monoisotopic (exact) mass is 811 g/mol. The first-order valence-electron chi connectivity index (χ1n) is 16.0. The number of aliphatic carboxylic acids is 1. The molecule has 0 unspecified atom stereocenters. The molecule has 0 aliphatic carbocycles. The summed E-state index contributed by atoms with van der Waals surface area (Å²) in [5, 5.41) is 32.9. The Hall–Kier alpha value is -7.13. The number of rotatable bonds is 11. The second kappa shape index (κ2) is 23.6. The number of hydrogen-bond donors (Lipinski definition) is 9. The lowest BCUT2D eigenvalue weighted by Gasteiger charge is -2.17. The van der Waals surface area contributed by atoms with Crippen LogP contribution in [0.5, 0.6) is 0 Å². The molecule has 1 aromatic heterocycles. The molecule has 0 radical (unpaired) electrons. The van der Waals surface area contributed by atoms with Gasteiger partial charge >= 0.3 is 24.9 Å². The fraction of sp³-hybridized carbons (Fsp3) is 0.229. The van der Waals surface area contributed by atoms with Crippen LogP contribution in [0.15, 0.2) is 83.8 Å². The van der Waals surface area contributed by atoms with E-state index < -0.39 is 36.3 Å². The van der Waals surface area contributed by atoms with E-state index in [0.29, 0.717) is 34.7 Å². The smallest absolute Gasteiger partial charge is 0.483 e. The molecule has 3 aromatic carbocycles. The fourth-order valence-electron chi connectivity index (χ4n) is 4.28. The Morgan fingerprint density at radius 2 is 1.47 bits per heavy atom. The summed E-state index contributed by atoms with van der Waals surface area (Å²) in [4.78, 5) is 60.7. The number of nitrogens with two attached hydrogens (primary N) is 2. The van der Waals surface area contributed by atoms with Crippen molar-refractivity contribution < 1.29 is 55.7 Å². The van der Waals surface area contributed by atoms with Gasteiger partial charge in [-0.05, 0) is 43.2 Å². The first kappa shape index (κ1) is 47.9. The summed E-state index contributed by atoms with van der Waals surface area (Å²) in [6, 6.07) is 20.8. The molecular formula is C35H39F6N9O7. The first-order chi connectivity index (χ1) is 26.7. The quantitative estimate of drug-likeness (QED) is 0.0328. The molecular weight excluding hydrogens is 772 g/mol. The molecule has 0 spiro atoms. The summed E-state index contributed by atoms with van der Waals surface area (Å²) in [6.07, 6.45) is -3.59. The van der Waals surface area contributed by atoms with E-state index in [1.165, 1.54) is 10.8 Å². The number of hydrogen-bond acceptors (Lipinski definition) is 9. The molecule has 308 valence electrons. The Morgan fingerprint density at radius 1 is 0.947 bits per heavy atom. The van der Waals surface area contributed by atoms with Crippen molar-refractivity contribution in [1.29, 1.82) is 5.41 Å². The van der Waals surface area contributed by atoms with E-state index in [9.17, 15) is 40.7 Å². The van der Waals surface area contributed by atoms with E-state index in [2.05, 4.69) is 26.3 Å². The van der Waals surface area contributed by atoms with Crippen LogP contribution in [0.2, 0.25) is 0 Å². The average Bonchev–Trinajstić information content (AvgIpc) is 3.12. The van der Waals surface area contributed by atoms with E-state index in [0.717, 1.165) is 11.1 Å². The van der Waals surface area contributed by atoms with Crippen LogP contribution >= 0.6 is 0 Å². The second-order valence-corrected chi connectivity index (χ2v) is 11.4. The molecule has 0 saturated heterocycles. The predicted octanol–water partition coefficient (Wildman–Crippen LogP) is 4.75. The van der Waals surface area contributed by atoms with Crippen LogP contribution in [0.1, 0.15) is 30.5 Å². The number of carboxylic acid groups (broad SMARTS) is 2. The van der Waals surface area contributed by atoms with Crippen molar-refractivity contribution in [2.75, 3.05) is 16.4 Å². The minimum Gasteiger partial charge on any atom is -0.483 e. The highest BCUT2D eigenvalue weighted by molar-refractivity contribution is 5.95. The number of amidine groups is 1. The van der Waals surface area contributed by atoms with Crippen LogP contribution in [0.25, 0.3) is 11.3 Å². The summed E-state index contributed by atoms with van der Waals surface area (Å²) in [5.41, 5.74) is 15.1. The van der Waals surface area contributed by atoms with Gasteiger partial charge in [0, 0.05) is 41.6 Å². The van der Waals surface area contributed by atoms with E-state index in [1.807, 2.05) is 44.2 Å². The number of amides is 3. The molecule has 0 saturated carbocycles. The third kappa shape index (κ3) is 18.7. The van der Waals surface area contributed by atoms with Gasteiger partial charge in [0.25, 0.3) is 12.0 Å². The summed E-state index contributed by atoms with van der Waals surface area (Å²) < 4.78 is 62.1. The van der Waals surface area contributed by atoms with Crippen LogP contribution in [0, 0.1) is 5.41 Å². The van der Waals surface area contributed by atoms with E-state index in [-0.39, 0.29) is 37.3 Å². The fourth-order valence-corrected chi connectivity index (χ4v) is 4.28. The molecule has 11 N–H and O–H groups in total. The highest BCUT2D eigenvalue weighted by Crippen LogP contribution is 2.26. The number of nitrogen functional groups attached to an aromatic ring is 2.